The first kappa shape index (κ1) is 9.86. The van der Waals surface area contributed by atoms with E-state index in [4.69, 9.17) is 0 Å². The lowest BCUT2D eigenvalue weighted by Crippen LogP contribution is -2.99. The summed E-state index contributed by atoms with van der Waals surface area (Å²) in [5, 5.41) is 12.6. The maximum atomic E-state index is 10.7. The zero-order valence-corrected chi connectivity index (χ0v) is 8.70. The molecule has 1 rings (SSSR count). The van der Waals surface area contributed by atoms with Crippen molar-refractivity contribution in [2.45, 2.75) is 43.4 Å². The highest BCUT2D eigenvalue weighted by Crippen LogP contribution is 2.38. The summed E-state index contributed by atoms with van der Waals surface area (Å²) in [5.41, 5.74) is 0. The second-order valence-corrected chi connectivity index (χ2v) is 6.58. The van der Waals surface area contributed by atoms with Crippen molar-refractivity contribution >= 4 is 17.7 Å². The molecule has 1 saturated heterocycles. The number of carboxylic acid groups (broad SMARTS) is 1. The van der Waals surface area contributed by atoms with Gasteiger partial charge in [-0.2, -0.15) is 0 Å². The zero-order chi connectivity index (χ0) is 9.57. The first-order valence-electron chi connectivity index (χ1n) is 4.02. The molecule has 0 unspecified atom stereocenters. The highest BCUT2D eigenvalue weighted by atomic mass is 32.2. The van der Waals surface area contributed by atoms with Crippen molar-refractivity contribution in [1.29, 1.82) is 0 Å². The third-order valence-corrected chi connectivity index (χ3v) is 3.54. The SMILES string of the molecule is CC1(C)[NH2+][C@@H](C(=O)[O-])C(C)(C)S1. The highest BCUT2D eigenvalue weighted by Gasteiger charge is 2.50. The van der Waals surface area contributed by atoms with Crippen LogP contribution in [0.4, 0.5) is 0 Å². The van der Waals surface area contributed by atoms with Gasteiger partial charge in [0.05, 0.1) is 4.75 Å². The van der Waals surface area contributed by atoms with Crippen LogP contribution in [-0.4, -0.2) is 21.6 Å². The minimum absolute atomic E-state index is 0.0474. The standard InChI is InChI=1S/C8H15NO2S/c1-7(2)5(6(10)11)9-8(3,4)12-7/h5,9H,1-4H3,(H,10,11)/t5-/m0/s1. The minimum Gasteiger partial charge on any atom is -0.544 e. The third kappa shape index (κ3) is 1.75. The summed E-state index contributed by atoms with van der Waals surface area (Å²) >= 11 is 1.69. The van der Waals surface area contributed by atoms with E-state index in [0.29, 0.717) is 0 Å². The van der Waals surface area contributed by atoms with Gasteiger partial charge < -0.3 is 15.2 Å². The van der Waals surface area contributed by atoms with Gasteiger partial charge >= 0.3 is 0 Å². The summed E-state index contributed by atoms with van der Waals surface area (Å²) in [7, 11) is 0. The lowest BCUT2D eigenvalue weighted by Gasteiger charge is -2.21. The molecule has 2 N–H and O–H groups in total. The molecule has 0 spiro atoms. The molecular weight excluding hydrogens is 174 g/mol. The van der Waals surface area contributed by atoms with Gasteiger partial charge in [-0.1, -0.05) is 11.8 Å². The molecule has 4 heteroatoms. The van der Waals surface area contributed by atoms with Crippen molar-refractivity contribution in [2.24, 2.45) is 0 Å². The Hall–Kier alpha value is -0.220. The normalized spacial score (nSPS) is 31.8. The van der Waals surface area contributed by atoms with Gasteiger partial charge in [0.1, 0.15) is 16.9 Å². The van der Waals surface area contributed by atoms with Crippen LogP contribution in [0.5, 0.6) is 0 Å². The van der Waals surface area contributed by atoms with Crippen LogP contribution in [0.1, 0.15) is 27.7 Å². The summed E-state index contributed by atoms with van der Waals surface area (Å²) in [6.07, 6.45) is 0. The lowest BCUT2D eigenvalue weighted by molar-refractivity contribution is -0.715. The maximum absolute atomic E-state index is 10.7. The molecule has 1 aliphatic heterocycles. The number of rotatable bonds is 1. The molecule has 3 nitrogen and oxygen atoms in total. The topological polar surface area (TPSA) is 56.7 Å². The fourth-order valence-corrected chi connectivity index (χ4v) is 3.58. The second-order valence-electron chi connectivity index (χ2n) is 4.27. The van der Waals surface area contributed by atoms with Gasteiger partial charge in [0.15, 0.2) is 0 Å². The van der Waals surface area contributed by atoms with Gasteiger partial charge in [-0.25, -0.2) is 0 Å². The quantitative estimate of drug-likeness (QED) is 0.571. The van der Waals surface area contributed by atoms with E-state index in [1.807, 2.05) is 33.0 Å². The molecule has 70 valence electrons. The Morgan fingerprint density at radius 2 is 1.92 bits per heavy atom. The van der Waals surface area contributed by atoms with Gasteiger partial charge in [0, 0.05) is 13.8 Å². The molecule has 0 aromatic carbocycles. The zero-order valence-electron chi connectivity index (χ0n) is 7.88. The minimum atomic E-state index is -0.960. The van der Waals surface area contributed by atoms with Crippen LogP contribution < -0.4 is 10.4 Å². The lowest BCUT2D eigenvalue weighted by atomic mass is 10.0. The van der Waals surface area contributed by atoms with Crippen LogP contribution in [0.15, 0.2) is 0 Å². The molecule has 1 heterocycles. The van der Waals surface area contributed by atoms with Crippen molar-refractivity contribution in [2.75, 3.05) is 0 Å². The molecule has 0 aromatic rings. The summed E-state index contributed by atoms with van der Waals surface area (Å²) in [4.78, 5) is 10.7. The Kier molecular flexibility index (Phi) is 2.17. The van der Waals surface area contributed by atoms with Crippen LogP contribution in [0.2, 0.25) is 0 Å². The van der Waals surface area contributed by atoms with E-state index in [-0.39, 0.29) is 9.62 Å². The molecule has 0 aromatic heterocycles. The van der Waals surface area contributed by atoms with E-state index in [1.54, 1.807) is 11.8 Å². The number of carbonyl (C=O) groups excluding carboxylic acids is 1. The van der Waals surface area contributed by atoms with Crippen molar-refractivity contribution in [1.82, 2.24) is 0 Å². The van der Waals surface area contributed by atoms with Crippen LogP contribution >= 0.6 is 11.8 Å². The van der Waals surface area contributed by atoms with Crippen LogP contribution in [0.3, 0.4) is 0 Å². The monoisotopic (exact) mass is 189 g/mol. The van der Waals surface area contributed by atoms with Crippen LogP contribution in [0, 0.1) is 0 Å². The summed E-state index contributed by atoms with van der Waals surface area (Å²) in [6, 6.07) is -0.433. The molecular formula is C8H15NO2S. The van der Waals surface area contributed by atoms with E-state index < -0.39 is 12.0 Å². The Bertz CT molecular complexity index is 213. The Morgan fingerprint density at radius 3 is 2.08 bits per heavy atom. The second kappa shape index (κ2) is 2.64. The van der Waals surface area contributed by atoms with E-state index in [9.17, 15) is 9.90 Å². The van der Waals surface area contributed by atoms with E-state index in [1.165, 1.54) is 0 Å². The van der Waals surface area contributed by atoms with Crippen molar-refractivity contribution in [3.63, 3.8) is 0 Å². The number of thioether (sulfide) groups is 1. The molecule has 1 fully saturated rings. The van der Waals surface area contributed by atoms with Crippen molar-refractivity contribution < 1.29 is 15.2 Å². The number of hydrogen-bond acceptors (Lipinski definition) is 3. The van der Waals surface area contributed by atoms with Crippen molar-refractivity contribution in [3.05, 3.63) is 0 Å². The molecule has 0 radical (unpaired) electrons. The largest absolute Gasteiger partial charge is 0.544 e. The molecule has 12 heavy (non-hydrogen) atoms. The van der Waals surface area contributed by atoms with Gasteiger partial charge in [-0.05, 0) is 13.8 Å². The highest BCUT2D eigenvalue weighted by molar-refractivity contribution is 8.01. The van der Waals surface area contributed by atoms with E-state index in [2.05, 4.69) is 0 Å². The number of aliphatic carboxylic acids is 1. The van der Waals surface area contributed by atoms with Gasteiger partial charge in [0.2, 0.25) is 0 Å². The van der Waals surface area contributed by atoms with Gasteiger partial charge in [-0.15, -0.1) is 0 Å². The summed E-state index contributed by atoms with van der Waals surface area (Å²) < 4.78 is -0.234. The predicted octanol–water partition coefficient (Wildman–Crippen LogP) is -1.07. The van der Waals surface area contributed by atoms with Crippen LogP contribution in [0.25, 0.3) is 0 Å². The number of carbonyl (C=O) groups is 1. The average Bonchev–Trinajstić information content (AvgIpc) is 1.99. The Morgan fingerprint density at radius 1 is 1.42 bits per heavy atom. The van der Waals surface area contributed by atoms with E-state index >= 15 is 0 Å². The molecule has 1 atom stereocenters. The molecule has 0 amide bonds. The maximum Gasteiger partial charge on any atom is 0.142 e. The Balaban J connectivity index is 2.85. The summed E-state index contributed by atoms with van der Waals surface area (Å²) in [5.74, 6) is -0.960. The Labute approximate surface area is 76.9 Å². The van der Waals surface area contributed by atoms with Crippen molar-refractivity contribution in [3.8, 4) is 0 Å². The van der Waals surface area contributed by atoms with Gasteiger partial charge in [-0.3, -0.25) is 0 Å². The fraction of sp³-hybridized carbons (Fsp3) is 0.875. The summed E-state index contributed by atoms with van der Waals surface area (Å²) in [6.45, 7) is 7.96. The van der Waals surface area contributed by atoms with Gasteiger partial charge in [0.25, 0.3) is 0 Å². The molecule has 0 saturated carbocycles. The smallest absolute Gasteiger partial charge is 0.142 e. The number of carboxylic acids is 1. The van der Waals surface area contributed by atoms with E-state index in [0.717, 1.165) is 0 Å². The average molecular weight is 189 g/mol. The number of nitrogens with two attached hydrogens (primary N) is 1. The molecule has 1 aliphatic rings. The third-order valence-electron chi connectivity index (χ3n) is 2.10. The predicted molar refractivity (Wildman–Crippen MR) is 46.5 cm³/mol. The molecule has 0 aliphatic carbocycles. The first-order valence-corrected chi connectivity index (χ1v) is 4.83. The first-order chi connectivity index (χ1) is 5.25. The number of hydrogen-bond donors (Lipinski definition) is 1. The van der Waals surface area contributed by atoms with Crippen LogP contribution in [-0.2, 0) is 4.79 Å². The number of quaternary nitrogens is 1. The fourth-order valence-electron chi connectivity index (χ4n) is 1.73. The molecule has 0 bridgehead atoms.